The summed E-state index contributed by atoms with van der Waals surface area (Å²) >= 11 is 11.9. The van der Waals surface area contributed by atoms with E-state index in [4.69, 9.17) is 27.9 Å². The van der Waals surface area contributed by atoms with Gasteiger partial charge in [0.25, 0.3) is 0 Å². The Morgan fingerprint density at radius 2 is 2.00 bits per heavy atom. The molecular formula is C16H12Cl2N2O3. The minimum absolute atomic E-state index is 0.0873. The van der Waals surface area contributed by atoms with Gasteiger partial charge in [-0.3, -0.25) is 4.79 Å². The monoisotopic (exact) mass is 350 g/mol. The van der Waals surface area contributed by atoms with Crippen LogP contribution in [0, 0.1) is 0 Å². The number of ether oxygens (including phenoxy) is 1. The molecule has 0 saturated heterocycles. The lowest BCUT2D eigenvalue weighted by Crippen LogP contribution is -2.39. The molecule has 0 bridgehead atoms. The fraction of sp³-hybridized carbons (Fsp3) is 0.125. The summed E-state index contributed by atoms with van der Waals surface area (Å²) in [6, 6.07) is 11.0. The molecule has 2 N–H and O–H groups in total. The molecule has 1 unspecified atom stereocenters. The van der Waals surface area contributed by atoms with Gasteiger partial charge in [0.05, 0.1) is 22.8 Å². The van der Waals surface area contributed by atoms with Crippen LogP contribution in [0.25, 0.3) is 0 Å². The van der Waals surface area contributed by atoms with Crippen molar-refractivity contribution in [1.29, 1.82) is 0 Å². The normalized spacial score (nSPS) is 16.1. The molecule has 3 rings (SSSR count). The average Bonchev–Trinajstić information content (AvgIpc) is 2.51. The first-order chi connectivity index (χ1) is 11.0. The van der Waals surface area contributed by atoms with E-state index in [1.807, 2.05) is 6.07 Å². The first kappa shape index (κ1) is 15.6. The van der Waals surface area contributed by atoms with Crippen molar-refractivity contribution in [3.63, 3.8) is 0 Å². The first-order valence-corrected chi connectivity index (χ1v) is 7.60. The molecule has 1 atom stereocenters. The van der Waals surface area contributed by atoms with Gasteiger partial charge in [0.15, 0.2) is 5.75 Å². The summed E-state index contributed by atoms with van der Waals surface area (Å²) in [5.74, 6) is -0.425. The van der Waals surface area contributed by atoms with Crippen molar-refractivity contribution in [3.05, 3.63) is 52.5 Å². The number of halogens is 2. The average molecular weight is 351 g/mol. The molecule has 1 aliphatic rings. The number of amides is 1. The number of benzene rings is 2. The SMILES string of the molecule is O=C(CC1Nc2ccccc2OC1=O)Nc1cc(Cl)ccc1Cl. The van der Waals surface area contributed by atoms with Crippen molar-refractivity contribution >= 4 is 46.5 Å². The summed E-state index contributed by atoms with van der Waals surface area (Å²) in [4.78, 5) is 24.1. The third-order valence-electron chi connectivity index (χ3n) is 3.30. The lowest BCUT2D eigenvalue weighted by molar-refractivity contribution is -0.137. The third-order valence-corrected chi connectivity index (χ3v) is 3.87. The summed E-state index contributed by atoms with van der Waals surface area (Å²) in [6.45, 7) is 0. The van der Waals surface area contributed by atoms with E-state index >= 15 is 0 Å². The summed E-state index contributed by atoms with van der Waals surface area (Å²) in [7, 11) is 0. The molecule has 0 saturated carbocycles. The van der Waals surface area contributed by atoms with Gasteiger partial charge in [-0.15, -0.1) is 0 Å². The highest BCUT2D eigenvalue weighted by Gasteiger charge is 2.29. The van der Waals surface area contributed by atoms with Crippen molar-refractivity contribution in [2.45, 2.75) is 12.5 Å². The molecule has 1 heterocycles. The Kier molecular flexibility index (Phi) is 4.41. The number of fused-ring (bicyclic) bond motifs is 1. The Morgan fingerprint density at radius 3 is 2.83 bits per heavy atom. The van der Waals surface area contributed by atoms with E-state index in [1.54, 1.807) is 36.4 Å². The second kappa shape index (κ2) is 6.48. The quantitative estimate of drug-likeness (QED) is 0.653. The fourth-order valence-electron chi connectivity index (χ4n) is 2.22. The zero-order chi connectivity index (χ0) is 16.4. The predicted octanol–water partition coefficient (Wildman–Crippen LogP) is 3.72. The van der Waals surface area contributed by atoms with Gasteiger partial charge in [0.1, 0.15) is 6.04 Å². The molecule has 0 aromatic heterocycles. The van der Waals surface area contributed by atoms with Crippen molar-refractivity contribution < 1.29 is 14.3 Å². The Morgan fingerprint density at radius 1 is 1.22 bits per heavy atom. The maximum absolute atomic E-state index is 12.1. The molecule has 1 aliphatic heterocycles. The van der Waals surface area contributed by atoms with E-state index in [-0.39, 0.29) is 12.3 Å². The van der Waals surface area contributed by atoms with E-state index < -0.39 is 12.0 Å². The van der Waals surface area contributed by atoms with Gasteiger partial charge in [-0.25, -0.2) is 4.79 Å². The molecular weight excluding hydrogens is 339 g/mol. The van der Waals surface area contributed by atoms with Gasteiger partial charge in [0.2, 0.25) is 5.91 Å². The van der Waals surface area contributed by atoms with Gasteiger partial charge in [-0.1, -0.05) is 35.3 Å². The van der Waals surface area contributed by atoms with Gasteiger partial charge in [-0.05, 0) is 30.3 Å². The zero-order valence-electron chi connectivity index (χ0n) is 11.8. The first-order valence-electron chi connectivity index (χ1n) is 6.85. The van der Waals surface area contributed by atoms with Crippen LogP contribution in [-0.2, 0) is 9.59 Å². The van der Waals surface area contributed by atoms with Crippen LogP contribution in [0.2, 0.25) is 10.0 Å². The Hall–Kier alpha value is -2.24. The van der Waals surface area contributed by atoms with Crippen molar-refractivity contribution in [1.82, 2.24) is 0 Å². The number of carbonyl (C=O) groups is 2. The lowest BCUT2D eigenvalue weighted by atomic mass is 10.1. The van der Waals surface area contributed by atoms with Crippen LogP contribution in [0.3, 0.4) is 0 Å². The number of esters is 1. The fourth-order valence-corrected chi connectivity index (χ4v) is 2.55. The molecule has 0 radical (unpaired) electrons. The number of hydrogen-bond donors (Lipinski definition) is 2. The second-order valence-electron chi connectivity index (χ2n) is 4.99. The molecule has 2 aromatic rings. The standard InChI is InChI=1S/C16H12Cl2N2O3/c17-9-5-6-10(18)12(7-9)20-15(21)8-13-16(22)23-14-4-2-1-3-11(14)19-13/h1-7,13,19H,8H2,(H,20,21). The maximum atomic E-state index is 12.1. The zero-order valence-corrected chi connectivity index (χ0v) is 13.3. The molecule has 0 fully saturated rings. The largest absolute Gasteiger partial charge is 0.423 e. The summed E-state index contributed by atoms with van der Waals surface area (Å²) < 4.78 is 5.21. The summed E-state index contributed by atoms with van der Waals surface area (Å²) in [5, 5.41) is 6.46. The van der Waals surface area contributed by atoms with E-state index in [0.29, 0.717) is 27.2 Å². The van der Waals surface area contributed by atoms with E-state index in [9.17, 15) is 9.59 Å². The van der Waals surface area contributed by atoms with Gasteiger partial charge < -0.3 is 15.4 Å². The lowest BCUT2D eigenvalue weighted by Gasteiger charge is -2.25. The highest BCUT2D eigenvalue weighted by atomic mass is 35.5. The van der Waals surface area contributed by atoms with Crippen LogP contribution < -0.4 is 15.4 Å². The molecule has 5 nitrogen and oxygen atoms in total. The van der Waals surface area contributed by atoms with Crippen LogP contribution in [0.15, 0.2) is 42.5 Å². The minimum atomic E-state index is -0.761. The molecule has 0 spiro atoms. The Balaban J connectivity index is 1.69. The van der Waals surface area contributed by atoms with Crippen LogP contribution >= 0.6 is 23.2 Å². The molecule has 2 aromatic carbocycles. The number of hydrogen-bond acceptors (Lipinski definition) is 4. The topological polar surface area (TPSA) is 67.4 Å². The number of anilines is 2. The van der Waals surface area contributed by atoms with Crippen LogP contribution in [-0.4, -0.2) is 17.9 Å². The number of para-hydroxylation sites is 2. The Labute approximate surface area is 142 Å². The summed E-state index contributed by atoms with van der Waals surface area (Å²) in [6.07, 6.45) is -0.0873. The summed E-state index contributed by atoms with van der Waals surface area (Å²) in [5.41, 5.74) is 1.07. The third kappa shape index (κ3) is 3.57. The number of carbonyl (C=O) groups excluding carboxylic acids is 2. The number of nitrogens with one attached hydrogen (secondary N) is 2. The highest BCUT2D eigenvalue weighted by molar-refractivity contribution is 6.35. The Bertz CT molecular complexity index is 780. The minimum Gasteiger partial charge on any atom is -0.423 e. The van der Waals surface area contributed by atoms with Gasteiger partial charge in [-0.2, -0.15) is 0 Å². The van der Waals surface area contributed by atoms with Crippen molar-refractivity contribution in [2.24, 2.45) is 0 Å². The molecule has 118 valence electrons. The van der Waals surface area contributed by atoms with Gasteiger partial charge >= 0.3 is 5.97 Å². The van der Waals surface area contributed by atoms with E-state index in [0.717, 1.165) is 0 Å². The molecule has 7 heteroatoms. The molecule has 0 aliphatic carbocycles. The maximum Gasteiger partial charge on any atom is 0.334 e. The molecule has 23 heavy (non-hydrogen) atoms. The smallest absolute Gasteiger partial charge is 0.334 e. The molecule has 1 amide bonds. The van der Waals surface area contributed by atoms with E-state index in [2.05, 4.69) is 10.6 Å². The van der Waals surface area contributed by atoms with E-state index in [1.165, 1.54) is 0 Å². The van der Waals surface area contributed by atoms with Crippen molar-refractivity contribution in [2.75, 3.05) is 10.6 Å². The van der Waals surface area contributed by atoms with Gasteiger partial charge in [0, 0.05) is 5.02 Å². The predicted molar refractivity (Wildman–Crippen MR) is 89.2 cm³/mol. The van der Waals surface area contributed by atoms with Crippen LogP contribution in [0.1, 0.15) is 6.42 Å². The van der Waals surface area contributed by atoms with Crippen LogP contribution in [0.4, 0.5) is 11.4 Å². The number of rotatable bonds is 3. The van der Waals surface area contributed by atoms with Crippen LogP contribution in [0.5, 0.6) is 5.75 Å². The highest BCUT2D eigenvalue weighted by Crippen LogP contribution is 2.30. The second-order valence-corrected chi connectivity index (χ2v) is 5.83. The van der Waals surface area contributed by atoms with Crippen molar-refractivity contribution in [3.8, 4) is 5.75 Å².